The van der Waals surface area contributed by atoms with E-state index in [0.717, 1.165) is 19.4 Å². The van der Waals surface area contributed by atoms with Crippen LogP contribution in [0.1, 0.15) is 12.8 Å². The van der Waals surface area contributed by atoms with Crippen molar-refractivity contribution in [3.8, 4) is 0 Å². The number of hydrogen-bond donors (Lipinski definition) is 2. The molecule has 0 aliphatic heterocycles. The van der Waals surface area contributed by atoms with Crippen LogP contribution in [0.4, 0.5) is 0 Å². The standard InChI is InChI=1S/C7H14N2O.ClH/c1-9-7(10)6-2-5(3-6)4-8;/h5-6H,2-4,8H2,1H3,(H,9,10);1H. The molecule has 0 spiro atoms. The molecule has 0 radical (unpaired) electrons. The number of halogens is 1. The van der Waals surface area contributed by atoms with Gasteiger partial charge in [-0.2, -0.15) is 0 Å². The molecule has 1 amide bonds. The van der Waals surface area contributed by atoms with Crippen molar-refractivity contribution in [2.45, 2.75) is 12.8 Å². The van der Waals surface area contributed by atoms with Crippen LogP contribution in [0.15, 0.2) is 0 Å². The van der Waals surface area contributed by atoms with Crippen LogP contribution in [0, 0.1) is 11.8 Å². The first-order valence-corrected chi connectivity index (χ1v) is 3.69. The highest BCUT2D eigenvalue weighted by Gasteiger charge is 2.32. The predicted molar refractivity (Wildman–Crippen MR) is 46.6 cm³/mol. The van der Waals surface area contributed by atoms with Crippen molar-refractivity contribution in [1.82, 2.24) is 5.32 Å². The third kappa shape index (κ3) is 2.34. The number of nitrogens with two attached hydrogens (primary N) is 1. The molecule has 0 bridgehead atoms. The van der Waals surface area contributed by atoms with E-state index in [0.29, 0.717) is 5.92 Å². The van der Waals surface area contributed by atoms with Crippen LogP contribution < -0.4 is 11.1 Å². The summed E-state index contributed by atoms with van der Waals surface area (Å²) < 4.78 is 0. The summed E-state index contributed by atoms with van der Waals surface area (Å²) in [5, 5.41) is 2.63. The van der Waals surface area contributed by atoms with Crippen LogP contribution in [-0.2, 0) is 4.79 Å². The first kappa shape index (κ1) is 10.7. The van der Waals surface area contributed by atoms with Gasteiger partial charge in [0.05, 0.1) is 0 Å². The Hall–Kier alpha value is -0.280. The van der Waals surface area contributed by atoms with Gasteiger partial charge in [-0.3, -0.25) is 4.79 Å². The zero-order valence-electron chi connectivity index (χ0n) is 6.67. The molecule has 4 heteroatoms. The van der Waals surface area contributed by atoms with Crippen LogP contribution >= 0.6 is 12.4 Å². The molecule has 1 aliphatic rings. The van der Waals surface area contributed by atoms with Gasteiger partial charge in [-0.25, -0.2) is 0 Å². The third-order valence-corrected chi connectivity index (χ3v) is 2.19. The predicted octanol–water partition coefficient (Wildman–Crippen LogP) is 0.139. The van der Waals surface area contributed by atoms with Crippen molar-refractivity contribution in [2.75, 3.05) is 13.6 Å². The Bertz CT molecular complexity index is 134. The van der Waals surface area contributed by atoms with E-state index in [1.807, 2.05) is 0 Å². The first-order chi connectivity index (χ1) is 4.77. The SMILES string of the molecule is CNC(=O)C1CC(CN)C1.Cl. The molecular weight excluding hydrogens is 164 g/mol. The van der Waals surface area contributed by atoms with Crippen LogP contribution in [0.3, 0.4) is 0 Å². The fraction of sp³-hybridized carbons (Fsp3) is 0.857. The normalized spacial score (nSPS) is 28.2. The Labute approximate surface area is 73.1 Å². The molecule has 3 nitrogen and oxygen atoms in total. The lowest BCUT2D eigenvalue weighted by Crippen LogP contribution is -2.39. The molecule has 0 saturated heterocycles. The summed E-state index contributed by atoms with van der Waals surface area (Å²) >= 11 is 0. The Balaban J connectivity index is 0.000001000. The maximum absolute atomic E-state index is 10.9. The molecule has 1 saturated carbocycles. The lowest BCUT2D eigenvalue weighted by molar-refractivity contribution is -0.128. The Morgan fingerprint density at radius 2 is 2.18 bits per heavy atom. The molecule has 0 unspecified atom stereocenters. The smallest absolute Gasteiger partial charge is 0.222 e. The van der Waals surface area contributed by atoms with Gasteiger partial charge in [0.2, 0.25) is 5.91 Å². The minimum absolute atomic E-state index is 0. The molecule has 0 aromatic carbocycles. The summed E-state index contributed by atoms with van der Waals surface area (Å²) in [6.45, 7) is 0.730. The largest absolute Gasteiger partial charge is 0.359 e. The van der Waals surface area contributed by atoms with Gasteiger partial charge in [-0.05, 0) is 25.3 Å². The van der Waals surface area contributed by atoms with Crippen LogP contribution in [-0.4, -0.2) is 19.5 Å². The minimum atomic E-state index is 0. The second-order valence-electron chi connectivity index (χ2n) is 2.88. The van der Waals surface area contributed by atoms with E-state index in [1.165, 1.54) is 0 Å². The van der Waals surface area contributed by atoms with Gasteiger partial charge < -0.3 is 11.1 Å². The van der Waals surface area contributed by atoms with E-state index in [9.17, 15) is 4.79 Å². The highest BCUT2D eigenvalue weighted by molar-refractivity contribution is 5.85. The molecular formula is C7H15ClN2O. The van der Waals surface area contributed by atoms with E-state index < -0.39 is 0 Å². The van der Waals surface area contributed by atoms with E-state index in [1.54, 1.807) is 7.05 Å². The van der Waals surface area contributed by atoms with Crippen molar-refractivity contribution >= 4 is 18.3 Å². The number of amides is 1. The third-order valence-electron chi connectivity index (χ3n) is 2.19. The van der Waals surface area contributed by atoms with Gasteiger partial charge in [0.25, 0.3) is 0 Å². The fourth-order valence-electron chi connectivity index (χ4n) is 1.35. The van der Waals surface area contributed by atoms with E-state index >= 15 is 0 Å². The molecule has 0 aromatic heterocycles. The monoisotopic (exact) mass is 178 g/mol. The van der Waals surface area contributed by atoms with Gasteiger partial charge in [0, 0.05) is 13.0 Å². The Morgan fingerprint density at radius 1 is 1.64 bits per heavy atom. The molecule has 1 aliphatic carbocycles. The number of carbonyl (C=O) groups is 1. The molecule has 3 N–H and O–H groups in total. The van der Waals surface area contributed by atoms with Gasteiger partial charge >= 0.3 is 0 Å². The fourth-order valence-corrected chi connectivity index (χ4v) is 1.35. The maximum atomic E-state index is 10.9. The summed E-state index contributed by atoms with van der Waals surface area (Å²) in [6.07, 6.45) is 1.96. The quantitative estimate of drug-likeness (QED) is 0.632. The van der Waals surface area contributed by atoms with Crippen molar-refractivity contribution in [3.05, 3.63) is 0 Å². The van der Waals surface area contributed by atoms with Crippen molar-refractivity contribution in [1.29, 1.82) is 0 Å². The highest BCUT2D eigenvalue weighted by Crippen LogP contribution is 2.32. The summed E-state index contributed by atoms with van der Waals surface area (Å²) in [5.41, 5.74) is 5.41. The minimum Gasteiger partial charge on any atom is -0.359 e. The molecule has 1 rings (SSSR count). The van der Waals surface area contributed by atoms with Crippen molar-refractivity contribution in [2.24, 2.45) is 17.6 Å². The van der Waals surface area contributed by atoms with E-state index in [-0.39, 0.29) is 24.2 Å². The zero-order chi connectivity index (χ0) is 7.56. The van der Waals surface area contributed by atoms with Gasteiger partial charge in [0.15, 0.2) is 0 Å². The van der Waals surface area contributed by atoms with Crippen molar-refractivity contribution < 1.29 is 4.79 Å². The molecule has 1 fully saturated rings. The highest BCUT2D eigenvalue weighted by atomic mass is 35.5. The van der Waals surface area contributed by atoms with Crippen LogP contribution in [0.2, 0.25) is 0 Å². The topological polar surface area (TPSA) is 55.1 Å². The molecule has 11 heavy (non-hydrogen) atoms. The second-order valence-corrected chi connectivity index (χ2v) is 2.88. The molecule has 66 valence electrons. The average Bonchev–Trinajstić information content (AvgIpc) is 1.85. The Morgan fingerprint density at radius 3 is 2.55 bits per heavy atom. The first-order valence-electron chi connectivity index (χ1n) is 3.69. The molecule has 0 heterocycles. The summed E-state index contributed by atoms with van der Waals surface area (Å²) in [4.78, 5) is 10.9. The van der Waals surface area contributed by atoms with Gasteiger partial charge in [-0.15, -0.1) is 12.4 Å². The molecule has 0 aromatic rings. The molecule has 0 atom stereocenters. The zero-order valence-corrected chi connectivity index (χ0v) is 7.49. The van der Waals surface area contributed by atoms with E-state index in [4.69, 9.17) is 5.73 Å². The van der Waals surface area contributed by atoms with Crippen LogP contribution in [0.5, 0.6) is 0 Å². The summed E-state index contributed by atoms with van der Waals surface area (Å²) in [5.74, 6) is 1.02. The lowest BCUT2D eigenvalue weighted by atomic mass is 9.74. The second kappa shape index (κ2) is 4.57. The van der Waals surface area contributed by atoms with Crippen molar-refractivity contribution in [3.63, 3.8) is 0 Å². The number of rotatable bonds is 2. The maximum Gasteiger partial charge on any atom is 0.222 e. The number of hydrogen-bond acceptors (Lipinski definition) is 2. The number of nitrogens with one attached hydrogen (secondary N) is 1. The summed E-state index contributed by atoms with van der Waals surface area (Å²) in [6, 6.07) is 0. The van der Waals surface area contributed by atoms with Gasteiger partial charge in [-0.1, -0.05) is 0 Å². The average molecular weight is 179 g/mol. The number of carbonyl (C=O) groups excluding carboxylic acids is 1. The lowest BCUT2D eigenvalue weighted by Gasteiger charge is -2.32. The van der Waals surface area contributed by atoms with E-state index in [2.05, 4.69) is 5.32 Å². The van der Waals surface area contributed by atoms with Crippen LogP contribution in [0.25, 0.3) is 0 Å². The van der Waals surface area contributed by atoms with Gasteiger partial charge in [0.1, 0.15) is 0 Å². The Kier molecular flexibility index (Phi) is 4.45. The summed E-state index contributed by atoms with van der Waals surface area (Å²) in [7, 11) is 1.68.